The van der Waals surface area contributed by atoms with Crippen molar-refractivity contribution in [3.8, 4) is 0 Å². The van der Waals surface area contributed by atoms with Crippen LogP contribution in [-0.4, -0.2) is 60.4 Å². The molecule has 2 aliphatic heterocycles. The van der Waals surface area contributed by atoms with Crippen molar-refractivity contribution >= 4 is 17.5 Å². The molecular formula is C18H22FN3O2. The molecule has 1 spiro atoms. The molecule has 0 unspecified atom stereocenters. The van der Waals surface area contributed by atoms with Crippen molar-refractivity contribution in [1.82, 2.24) is 9.80 Å². The summed E-state index contributed by atoms with van der Waals surface area (Å²) in [6, 6.07) is 6.17. The predicted molar refractivity (Wildman–Crippen MR) is 88.0 cm³/mol. The van der Waals surface area contributed by atoms with E-state index in [0.29, 0.717) is 25.3 Å². The molecule has 24 heavy (non-hydrogen) atoms. The van der Waals surface area contributed by atoms with Crippen LogP contribution < -0.4 is 4.90 Å². The molecule has 5 nitrogen and oxygen atoms in total. The molecule has 1 aromatic rings. The first kappa shape index (κ1) is 15.6. The monoisotopic (exact) mass is 331 g/mol. The maximum atomic E-state index is 13.6. The molecule has 0 bridgehead atoms. The molecule has 0 N–H and O–H groups in total. The largest absolute Gasteiger partial charge is 0.340 e. The lowest BCUT2D eigenvalue weighted by Gasteiger charge is -2.46. The molecule has 6 heteroatoms. The van der Waals surface area contributed by atoms with Crippen molar-refractivity contribution < 1.29 is 14.0 Å². The van der Waals surface area contributed by atoms with Crippen LogP contribution in [0.5, 0.6) is 0 Å². The number of carbonyl (C=O) groups excluding carboxylic acids is 2. The number of rotatable bonds is 2. The Morgan fingerprint density at radius 1 is 1.29 bits per heavy atom. The van der Waals surface area contributed by atoms with E-state index < -0.39 is 0 Å². The number of carbonyl (C=O) groups is 2. The molecule has 1 aliphatic carbocycles. The summed E-state index contributed by atoms with van der Waals surface area (Å²) < 4.78 is 13.6. The summed E-state index contributed by atoms with van der Waals surface area (Å²) in [5, 5.41) is 0. The second-order valence-electron chi connectivity index (χ2n) is 7.32. The van der Waals surface area contributed by atoms with Gasteiger partial charge in [0.2, 0.25) is 11.8 Å². The molecule has 3 fully saturated rings. The summed E-state index contributed by atoms with van der Waals surface area (Å²) in [5.41, 5.74) is 0.365. The normalized spacial score (nSPS) is 28.0. The lowest BCUT2D eigenvalue weighted by molar-refractivity contribution is -0.132. The summed E-state index contributed by atoms with van der Waals surface area (Å²) in [6.07, 6.45) is 2.86. The number of halogens is 1. The van der Waals surface area contributed by atoms with Crippen LogP contribution in [-0.2, 0) is 9.59 Å². The number of likely N-dealkylation sites (tertiary alicyclic amines) is 1. The molecule has 2 heterocycles. The average Bonchev–Trinajstić information content (AvgIpc) is 3.31. The van der Waals surface area contributed by atoms with Gasteiger partial charge in [0.15, 0.2) is 0 Å². The first-order valence-corrected chi connectivity index (χ1v) is 8.54. The van der Waals surface area contributed by atoms with E-state index in [9.17, 15) is 14.0 Å². The van der Waals surface area contributed by atoms with Crippen LogP contribution in [0.15, 0.2) is 24.3 Å². The third kappa shape index (κ3) is 2.59. The number of piperazine rings is 1. The molecule has 1 aromatic carbocycles. The van der Waals surface area contributed by atoms with Crippen LogP contribution in [0.4, 0.5) is 10.1 Å². The topological polar surface area (TPSA) is 43.9 Å². The average molecular weight is 331 g/mol. The molecule has 0 aromatic heterocycles. The highest BCUT2D eigenvalue weighted by molar-refractivity contribution is 5.96. The Balaban J connectivity index is 1.57. The summed E-state index contributed by atoms with van der Waals surface area (Å²) in [7, 11) is 1.95. The lowest BCUT2D eigenvalue weighted by Crippen LogP contribution is -2.64. The van der Waals surface area contributed by atoms with Gasteiger partial charge >= 0.3 is 0 Å². The maximum Gasteiger partial charge on any atom is 0.241 e. The van der Waals surface area contributed by atoms with Gasteiger partial charge in [-0.15, -0.1) is 0 Å². The van der Waals surface area contributed by atoms with Crippen molar-refractivity contribution in [2.45, 2.75) is 24.8 Å². The van der Waals surface area contributed by atoms with Gasteiger partial charge in [-0.2, -0.15) is 0 Å². The minimum absolute atomic E-state index is 0.0271. The van der Waals surface area contributed by atoms with Gasteiger partial charge in [-0.3, -0.25) is 14.5 Å². The Morgan fingerprint density at radius 2 is 2.08 bits per heavy atom. The summed E-state index contributed by atoms with van der Waals surface area (Å²) in [6.45, 7) is 2.19. The Bertz CT molecular complexity index is 691. The fraction of sp³-hybridized carbons (Fsp3) is 0.556. The third-order valence-electron chi connectivity index (χ3n) is 5.63. The molecule has 4 rings (SSSR count). The van der Waals surface area contributed by atoms with E-state index in [0.717, 1.165) is 25.8 Å². The number of benzene rings is 1. The van der Waals surface area contributed by atoms with E-state index in [2.05, 4.69) is 4.90 Å². The zero-order chi connectivity index (χ0) is 16.9. The number of amides is 2. The molecule has 1 atom stereocenters. The Morgan fingerprint density at radius 3 is 2.79 bits per heavy atom. The van der Waals surface area contributed by atoms with Gasteiger partial charge in [0, 0.05) is 31.2 Å². The highest BCUT2D eigenvalue weighted by Gasteiger charge is 2.50. The fourth-order valence-electron chi connectivity index (χ4n) is 3.91. The Hall–Kier alpha value is -1.95. The van der Waals surface area contributed by atoms with Gasteiger partial charge in [-0.25, -0.2) is 4.39 Å². The van der Waals surface area contributed by atoms with E-state index >= 15 is 0 Å². The van der Waals surface area contributed by atoms with Gasteiger partial charge in [-0.1, -0.05) is 6.07 Å². The second-order valence-corrected chi connectivity index (χ2v) is 7.32. The lowest BCUT2D eigenvalue weighted by atomic mass is 9.92. The van der Waals surface area contributed by atoms with Crippen molar-refractivity contribution in [2.75, 3.05) is 38.1 Å². The predicted octanol–water partition coefficient (Wildman–Crippen LogP) is 1.49. The minimum Gasteiger partial charge on any atom is -0.340 e. The number of hydrogen-bond acceptors (Lipinski definition) is 3. The van der Waals surface area contributed by atoms with Crippen LogP contribution in [0.1, 0.15) is 19.3 Å². The summed E-state index contributed by atoms with van der Waals surface area (Å²) >= 11 is 0. The Kier molecular flexibility index (Phi) is 3.60. The van der Waals surface area contributed by atoms with Gasteiger partial charge in [-0.05, 0) is 44.5 Å². The van der Waals surface area contributed by atoms with E-state index in [1.54, 1.807) is 17.0 Å². The van der Waals surface area contributed by atoms with Crippen LogP contribution >= 0.6 is 0 Å². The van der Waals surface area contributed by atoms with Crippen LogP contribution in [0, 0.1) is 11.7 Å². The van der Waals surface area contributed by atoms with E-state index in [1.165, 1.54) is 12.1 Å². The van der Waals surface area contributed by atoms with Crippen LogP contribution in [0.3, 0.4) is 0 Å². The van der Waals surface area contributed by atoms with Gasteiger partial charge in [0.05, 0.1) is 12.1 Å². The standard InChI is InChI=1S/C18H22FN3O2/c1-20-10-16(23)22(15-4-2-3-14(19)9-15)12-18(20)7-8-21(11-18)17(24)13-5-6-13/h2-4,9,13H,5-8,10-12H2,1H3/t18-/m1/s1. The van der Waals surface area contributed by atoms with Crippen molar-refractivity contribution in [3.63, 3.8) is 0 Å². The highest BCUT2D eigenvalue weighted by Crippen LogP contribution is 2.37. The quantitative estimate of drug-likeness (QED) is 0.825. The molecule has 128 valence electrons. The molecule has 2 saturated heterocycles. The third-order valence-corrected chi connectivity index (χ3v) is 5.63. The number of anilines is 1. The SMILES string of the molecule is CN1CC(=O)N(c2cccc(F)c2)C[C@]12CCN(C(=O)C1CC1)C2. The number of likely N-dealkylation sites (N-methyl/N-ethyl adjacent to an activating group) is 1. The fourth-order valence-corrected chi connectivity index (χ4v) is 3.91. The van der Waals surface area contributed by atoms with Gasteiger partial charge < -0.3 is 9.80 Å². The maximum absolute atomic E-state index is 13.6. The van der Waals surface area contributed by atoms with Crippen molar-refractivity contribution in [1.29, 1.82) is 0 Å². The second kappa shape index (κ2) is 5.55. The summed E-state index contributed by atoms with van der Waals surface area (Å²) in [5.74, 6) is 0.107. The molecule has 3 aliphatic rings. The van der Waals surface area contributed by atoms with Gasteiger partial charge in [0.1, 0.15) is 5.82 Å². The summed E-state index contributed by atoms with van der Waals surface area (Å²) in [4.78, 5) is 30.6. The minimum atomic E-state index is -0.342. The van der Waals surface area contributed by atoms with Crippen molar-refractivity contribution in [2.24, 2.45) is 5.92 Å². The van der Waals surface area contributed by atoms with Crippen LogP contribution in [0.2, 0.25) is 0 Å². The number of hydrogen-bond donors (Lipinski definition) is 0. The van der Waals surface area contributed by atoms with Gasteiger partial charge in [0.25, 0.3) is 0 Å². The molecule has 2 amide bonds. The zero-order valence-corrected chi connectivity index (χ0v) is 13.9. The molecule has 0 radical (unpaired) electrons. The smallest absolute Gasteiger partial charge is 0.241 e. The molecular weight excluding hydrogens is 309 g/mol. The van der Waals surface area contributed by atoms with Crippen LogP contribution in [0.25, 0.3) is 0 Å². The van der Waals surface area contributed by atoms with E-state index in [1.807, 2.05) is 11.9 Å². The first-order valence-electron chi connectivity index (χ1n) is 8.54. The zero-order valence-electron chi connectivity index (χ0n) is 13.9. The first-order chi connectivity index (χ1) is 11.5. The van der Waals surface area contributed by atoms with E-state index in [4.69, 9.17) is 0 Å². The molecule has 1 saturated carbocycles. The Labute approximate surface area is 141 Å². The van der Waals surface area contributed by atoms with E-state index in [-0.39, 0.29) is 29.1 Å². The number of nitrogens with zero attached hydrogens (tertiary/aromatic N) is 3. The highest BCUT2D eigenvalue weighted by atomic mass is 19.1. The van der Waals surface area contributed by atoms with Crippen molar-refractivity contribution in [3.05, 3.63) is 30.1 Å².